The van der Waals surface area contributed by atoms with Gasteiger partial charge in [0, 0.05) is 5.69 Å². The van der Waals surface area contributed by atoms with Gasteiger partial charge in [-0.25, -0.2) is 8.42 Å². The zero-order valence-electron chi connectivity index (χ0n) is 13.3. The summed E-state index contributed by atoms with van der Waals surface area (Å²) in [5, 5.41) is 2.63. The topological polar surface area (TPSA) is 63.2 Å². The van der Waals surface area contributed by atoms with E-state index in [1.54, 1.807) is 30.3 Å². The summed E-state index contributed by atoms with van der Waals surface area (Å²) < 4.78 is 24.3. The molecule has 23 heavy (non-hydrogen) atoms. The summed E-state index contributed by atoms with van der Waals surface area (Å²) in [6, 6.07) is 15.5. The summed E-state index contributed by atoms with van der Waals surface area (Å²) in [4.78, 5) is 12.1. The average molecular weight is 331 g/mol. The number of carbonyl (C=O) groups excluding carboxylic acids is 1. The fourth-order valence-electron chi connectivity index (χ4n) is 2.21. The number of anilines is 1. The van der Waals surface area contributed by atoms with E-state index in [0.29, 0.717) is 11.6 Å². The number of sulfone groups is 1. The summed E-state index contributed by atoms with van der Waals surface area (Å²) in [7, 11) is -3.62. The van der Waals surface area contributed by atoms with Crippen molar-refractivity contribution in [2.45, 2.75) is 31.1 Å². The van der Waals surface area contributed by atoms with Crippen molar-refractivity contribution in [1.82, 2.24) is 0 Å². The molecule has 1 unspecified atom stereocenters. The Morgan fingerprint density at radius 1 is 1.04 bits per heavy atom. The molecule has 0 heterocycles. The van der Waals surface area contributed by atoms with Gasteiger partial charge in [0.05, 0.1) is 4.90 Å². The third-order valence-electron chi connectivity index (χ3n) is 3.80. The van der Waals surface area contributed by atoms with E-state index in [-0.39, 0.29) is 4.90 Å². The third-order valence-corrected chi connectivity index (χ3v) is 5.43. The standard InChI is InChI=1S/C18H21NO3S/c1-3-14(2)15-9-11-16(12-10-15)19-18(20)13-23(21,22)17-7-5-4-6-8-17/h4-12,14H,3,13H2,1-2H3,(H,19,20). The maximum absolute atomic E-state index is 12.2. The molecule has 1 amide bonds. The molecule has 0 fully saturated rings. The van der Waals surface area contributed by atoms with Gasteiger partial charge in [0.25, 0.3) is 0 Å². The van der Waals surface area contributed by atoms with Crippen molar-refractivity contribution >= 4 is 21.4 Å². The lowest BCUT2D eigenvalue weighted by Crippen LogP contribution is -2.23. The summed E-state index contributed by atoms with van der Waals surface area (Å²) in [6.07, 6.45) is 1.04. The van der Waals surface area contributed by atoms with E-state index in [9.17, 15) is 13.2 Å². The molecule has 0 aliphatic rings. The van der Waals surface area contributed by atoms with Gasteiger partial charge in [-0.3, -0.25) is 4.79 Å². The van der Waals surface area contributed by atoms with Crippen LogP contribution in [-0.2, 0) is 14.6 Å². The molecule has 5 heteroatoms. The van der Waals surface area contributed by atoms with Crippen LogP contribution in [-0.4, -0.2) is 20.1 Å². The molecule has 1 atom stereocenters. The predicted molar refractivity (Wildman–Crippen MR) is 92.3 cm³/mol. The summed E-state index contributed by atoms with van der Waals surface area (Å²) >= 11 is 0. The van der Waals surface area contributed by atoms with Crippen molar-refractivity contribution in [3.8, 4) is 0 Å². The second-order valence-corrected chi connectivity index (χ2v) is 7.54. The number of carbonyl (C=O) groups is 1. The fraction of sp³-hybridized carbons (Fsp3) is 0.278. The Morgan fingerprint density at radius 2 is 1.65 bits per heavy atom. The summed E-state index contributed by atoms with van der Waals surface area (Å²) in [6.45, 7) is 4.26. The summed E-state index contributed by atoms with van der Waals surface area (Å²) in [5.74, 6) is -0.646. The molecule has 0 saturated heterocycles. The lowest BCUT2D eigenvalue weighted by molar-refractivity contribution is -0.113. The van der Waals surface area contributed by atoms with Crippen molar-refractivity contribution in [3.05, 3.63) is 60.2 Å². The zero-order chi connectivity index (χ0) is 16.9. The molecule has 122 valence electrons. The van der Waals surface area contributed by atoms with E-state index >= 15 is 0 Å². The highest BCUT2D eigenvalue weighted by molar-refractivity contribution is 7.92. The van der Waals surface area contributed by atoms with Crippen LogP contribution in [0.5, 0.6) is 0 Å². The average Bonchev–Trinajstić information content (AvgIpc) is 2.55. The van der Waals surface area contributed by atoms with Crippen LogP contribution in [0.1, 0.15) is 31.7 Å². The maximum Gasteiger partial charge on any atom is 0.239 e. The third kappa shape index (κ3) is 4.66. The Kier molecular flexibility index (Phi) is 5.55. The van der Waals surface area contributed by atoms with E-state index in [4.69, 9.17) is 0 Å². The van der Waals surface area contributed by atoms with Crippen LogP contribution >= 0.6 is 0 Å². The van der Waals surface area contributed by atoms with Gasteiger partial charge < -0.3 is 5.32 Å². The predicted octanol–water partition coefficient (Wildman–Crippen LogP) is 3.61. The Hall–Kier alpha value is -2.14. The maximum atomic E-state index is 12.2. The highest BCUT2D eigenvalue weighted by Gasteiger charge is 2.19. The molecule has 2 aromatic rings. The largest absolute Gasteiger partial charge is 0.325 e. The van der Waals surface area contributed by atoms with Gasteiger partial charge in [-0.1, -0.05) is 44.2 Å². The molecular formula is C18H21NO3S. The normalized spacial score (nSPS) is 12.6. The van der Waals surface area contributed by atoms with Crippen LogP contribution in [0.15, 0.2) is 59.5 Å². The van der Waals surface area contributed by atoms with Gasteiger partial charge in [-0.05, 0) is 42.2 Å². The molecule has 0 aliphatic heterocycles. The van der Waals surface area contributed by atoms with Gasteiger partial charge in [0.2, 0.25) is 5.91 Å². The van der Waals surface area contributed by atoms with E-state index < -0.39 is 21.5 Å². The second-order valence-electron chi connectivity index (χ2n) is 5.55. The molecule has 0 saturated carbocycles. The van der Waals surface area contributed by atoms with E-state index in [1.165, 1.54) is 17.7 Å². The van der Waals surface area contributed by atoms with Crippen molar-refractivity contribution in [2.24, 2.45) is 0 Å². The van der Waals surface area contributed by atoms with Gasteiger partial charge in [0.15, 0.2) is 9.84 Å². The fourth-order valence-corrected chi connectivity index (χ4v) is 3.37. The molecule has 1 N–H and O–H groups in total. The number of benzene rings is 2. The highest BCUT2D eigenvalue weighted by Crippen LogP contribution is 2.20. The zero-order valence-corrected chi connectivity index (χ0v) is 14.1. The van der Waals surface area contributed by atoms with Crippen LogP contribution in [0.25, 0.3) is 0 Å². The minimum Gasteiger partial charge on any atom is -0.325 e. The Morgan fingerprint density at radius 3 is 2.22 bits per heavy atom. The Bertz CT molecular complexity index is 753. The first-order valence-electron chi connectivity index (χ1n) is 7.60. The van der Waals surface area contributed by atoms with Crippen molar-refractivity contribution < 1.29 is 13.2 Å². The lowest BCUT2D eigenvalue weighted by Gasteiger charge is -2.10. The molecule has 2 rings (SSSR count). The first kappa shape index (κ1) is 17.2. The second kappa shape index (κ2) is 7.42. The monoisotopic (exact) mass is 331 g/mol. The van der Waals surface area contributed by atoms with Gasteiger partial charge >= 0.3 is 0 Å². The van der Waals surface area contributed by atoms with Crippen LogP contribution in [0.3, 0.4) is 0 Å². The van der Waals surface area contributed by atoms with Gasteiger partial charge in [-0.2, -0.15) is 0 Å². The van der Waals surface area contributed by atoms with Crippen molar-refractivity contribution in [2.75, 3.05) is 11.1 Å². The molecule has 2 aromatic carbocycles. The Labute approximate surface area is 137 Å². The molecule has 0 aromatic heterocycles. The number of nitrogens with one attached hydrogen (secondary N) is 1. The van der Waals surface area contributed by atoms with Crippen LogP contribution < -0.4 is 5.32 Å². The van der Waals surface area contributed by atoms with Crippen LogP contribution in [0, 0.1) is 0 Å². The van der Waals surface area contributed by atoms with Crippen LogP contribution in [0.2, 0.25) is 0 Å². The molecule has 0 spiro atoms. The number of hydrogen-bond acceptors (Lipinski definition) is 3. The van der Waals surface area contributed by atoms with Crippen molar-refractivity contribution in [1.29, 1.82) is 0 Å². The number of amides is 1. The first-order valence-corrected chi connectivity index (χ1v) is 9.25. The van der Waals surface area contributed by atoms with E-state index in [2.05, 4.69) is 19.2 Å². The van der Waals surface area contributed by atoms with E-state index in [1.807, 2.05) is 12.1 Å². The van der Waals surface area contributed by atoms with E-state index in [0.717, 1.165) is 6.42 Å². The minimum atomic E-state index is -3.62. The van der Waals surface area contributed by atoms with Gasteiger partial charge in [-0.15, -0.1) is 0 Å². The smallest absolute Gasteiger partial charge is 0.239 e. The first-order chi connectivity index (χ1) is 10.9. The minimum absolute atomic E-state index is 0.155. The number of rotatable bonds is 6. The molecule has 0 aliphatic carbocycles. The highest BCUT2D eigenvalue weighted by atomic mass is 32.2. The number of hydrogen-bond donors (Lipinski definition) is 1. The Balaban J connectivity index is 2.02. The summed E-state index contributed by atoms with van der Waals surface area (Å²) in [5.41, 5.74) is 1.80. The van der Waals surface area contributed by atoms with Gasteiger partial charge in [0.1, 0.15) is 5.75 Å². The molecular weight excluding hydrogens is 310 g/mol. The lowest BCUT2D eigenvalue weighted by atomic mass is 9.99. The molecule has 4 nitrogen and oxygen atoms in total. The van der Waals surface area contributed by atoms with Crippen molar-refractivity contribution in [3.63, 3.8) is 0 Å². The SMILES string of the molecule is CCC(C)c1ccc(NC(=O)CS(=O)(=O)c2ccccc2)cc1. The quantitative estimate of drug-likeness (QED) is 0.879. The molecule has 0 radical (unpaired) electrons. The molecule has 0 bridgehead atoms. The van der Waals surface area contributed by atoms with Crippen LogP contribution in [0.4, 0.5) is 5.69 Å².